The first-order valence-corrected chi connectivity index (χ1v) is 6.15. The Morgan fingerprint density at radius 1 is 1.40 bits per heavy atom. The van der Waals surface area contributed by atoms with Gasteiger partial charge in [-0.2, -0.15) is 5.10 Å². The molecule has 0 saturated heterocycles. The Hall–Kier alpha value is -0.830. The zero-order valence-corrected chi connectivity index (χ0v) is 9.55. The molecule has 1 fully saturated rings. The minimum Gasteiger partial charge on any atom is -0.311 e. The molecule has 0 atom stereocenters. The standard InChI is InChI=1S/C12H21N3/c1-2-13-9-11-8-12(15-14-11)10-6-4-3-5-7-10/h8,10,13H,2-7,9H2,1H3,(H,14,15). The molecule has 1 aliphatic rings. The van der Waals surface area contributed by atoms with Gasteiger partial charge in [0, 0.05) is 18.2 Å². The van der Waals surface area contributed by atoms with Crippen molar-refractivity contribution in [3.63, 3.8) is 0 Å². The van der Waals surface area contributed by atoms with E-state index >= 15 is 0 Å². The summed E-state index contributed by atoms with van der Waals surface area (Å²) in [5.74, 6) is 0.713. The number of hydrogen-bond acceptors (Lipinski definition) is 2. The molecule has 15 heavy (non-hydrogen) atoms. The highest BCUT2D eigenvalue weighted by Gasteiger charge is 2.17. The van der Waals surface area contributed by atoms with E-state index in [4.69, 9.17) is 0 Å². The fourth-order valence-electron chi connectivity index (χ4n) is 2.34. The van der Waals surface area contributed by atoms with E-state index in [1.54, 1.807) is 0 Å². The van der Waals surface area contributed by atoms with Gasteiger partial charge in [0.05, 0.1) is 5.69 Å². The van der Waals surface area contributed by atoms with Crippen LogP contribution in [0.3, 0.4) is 0 Å². The lowest BCUT2D eigenvalue weighted by Crippen LogP contribution is -2.11. The zero-order chi connectivity index (χ0) is 10.5. The number of hydrogen-bond donors (Lipinski definition) is 2. The van der Waals surface area contributed by atoms with Gasteiger partial charge >= 0.3 is 0 Å². The predicted octanol–water partition coefficient (Wildman–Crippen LogP) is 2.57. The van der Waals surface area contributed by atoms with Crippen molar-refractivity contribution in [3.05, 3.63) is 17.5 Å². The first-order chi connectivity index (χ1) is 7.40. The van der Waals surface area contributed by atoms with Gasteiger partial charge in [0.25, 0.3) is 0 Å². The summed E-state index contributed by atoms with van der Waals surface area (Å²) in [5.41, 5.74) is 2.50. The third-order valence-corrected chi connectivity index (χ3v) is 3.24. The van der Waals surface area contributed by atoms with E-state index in [0.29, 0.717) is 5.92 Å². The molecule has 1 aliphatic carbocycles. The maximum Gasteiger partial charge on any atom is 0.0656 e. The Bertz CT molecular complexity index is 287. The fourth-order valence-corrected chi connectivity index (χ4v) is 2.34. The third-order valence-electron chi connectivity index (χ3n) is 3.24. The van der Waals surface area contributed by atoms with Gasteiger partial charge in [-0.25, -0.2) is 0 Å². The van der Waals surface area contributed by atoms with Crippen LogP contribution in [0.4, 0.5) is 0 Å². The molecule has 84 valence electrons. The summed E-state index contributed by atoms with van der Waals surface area (Å²) in [4.78, 5) is 0. The first-order valence-electron chi connectivity index (χ1n) is 6.15. The van der Waals surface area contributed by atoms with E-state index < -0.39 is 0 Å². The lowest BCUT2D eigenvalue weighted by Gasteiger charge is -2.19. The molecule has 0 unspecified atom stereocenters. The van der Waals surface area contributed by atoms with Crippen molar-refractivity contribution in [2.75, 3.05) is 6.54 Å². The number of rotatable bonds is 4. The maximum absolute atomic E-state index is 4.43. The van der Waals surface area contributed by atoms with E-state index in [1.165, 1.54) is 43.5 Å². The van der Waals surface area contributed by atoms with Crippen LogP contribution >= 0.6 is 0 Å². The SMILES string of the molecule is CCNCc1cc(C2CCCCC2)n[nH]1. The van der Waals surface area contributed by atoms with Crippen LogP contribution in [0.1, 0.15) is 56.3 Å². The van der Waals surface area contributed by atoms with Crippen molar-refractivity contribution in [3.8, 4) is 0 Å². The minimum absolute atomic E-state index is 0.713. The van der Waals surface area contributed by atoms with Gasteiger partial charge in [0.15, 0.2) is 0 Å². The molecule has 0 spiro atoms. The number of aromatic amines is 1. The van der Waals surface area contributed by atoms with Crippen LogP contribution in [0.25, 0.3) is 0 Å². The molecular weight excluding hydrogens is 186 g/mol. The normalized spacial score (nSPS) is 18.2. The number of aromatic nitrogens is 2. The Kier molecular flexibility index (Phi) is 3.78. The van der Waals surface area contributed by atoms with Crippen LogP contribution in [0, 0.1) is 0 Å². The topological polar surface area (TPSA) is 40.7 Å². The van der Waals surface area contributed by atoms with Crippen molar-refractivity contribution in [1.29, 1.82) is 0 Å². The van der Waals surface area contributed by atoms with Crippen molar-refractivity contribution >= 4 is 0 Å². The summed E-state index contributed by atoms with van der Waals surface area (Å²) in [5, 5.41) is 10.9. The fraction of sp³-hybridized carbons (Fsp3) is 0.750. The van der Waals surface area contributed by atoms with Gasteiger partial charge in [-0.3, -0.25) is 5.10 Å². The first kappa shape index (κ1) is 10.7. The van der Waals surface area contributed by atoms with E-state index in [0.717, 1.165) is 13.1 Å². The zero-order valence-electron chi connectivity index (χ0n) is 9.55. The van der Waals surface area contributed by atoms with Crippen molar-refractivity contribution in [2.45, 2.75) is 51.5 Å². The van der Waals surface area contributed by atoms with Crippen LogP contribution in [0.15, 0.2) is 6.07 Å². The quantitative estimate of drug-likeness (QED) is 0.796. The summed E-state index contributed by atoms with van der Waals surface area (Å²) in [6.07, 6.45) is 6.81. The van der Waals surface area contributed by atoms with E-state index in [2.05, 4.69) is 28.5 Å². The van der Waals surface area contributed by atoms with Gasteiger partial charge in [-0.1, -0.05) is 26.2 Å². The largest absolute Gasteiger partial charge is 0.311 e. The molecule has 1 heterocycles. The van der Waals surface area contributed by atoms with E-state index in [-0.39, 0.29) is 0 Å². The molecule has 0 bridgehead atoms. The van der Waals surface area contributed by atoms with Gasteiger partial charge in [-0.05, 0) is 25.5 Å². The van der Waals surface area contributed by atoms with Crippen molar-refractivity contribution in [1.82, 2.24) is 15.5 Å². The molecule has 1 saturated carbocycles. The molecule has 3 nitrogen and oxygen atoms in total. The Balaban J connectivity index is 1.93. The molecule has 0 aromatic carbocycles. The van der Waals surface area contributed by atoms with Gasteiger partial charge in [-0.15, -0.1) is 0 Å². The van der Waals surface area contributed by atoms with Crippen LogP contribution in [-0.4, -0.2) is 16.7 Å². The van der Waals surface area contributed by atoms with Gasteiger partial charge in [0.2, 0.25) is 0 Å². The van der Waals surface area contributed by atoms with Crippen LogP contribution in [0.2, 0.25) is 0 Å². The third kappa shape index (κ3) is 2.81. The Morgan fingerprint density at radius 3 is 2.93 bits per heavy atom. The second-order valence-corrected chi connectivity index (χ2v) is 4.43. The van der Waals surface area contributed by atoms with Gasteiger partial charge in [0.1, 0.15) is 0 Å². The van der Waals surface area contributed by atoms with Crippen LogP contribution in [0.5, 0.6) is 0 Å². The second kappa shape index (κ2) is 5.31. The van der Waals surface area contributed by atoms with Gasteiger partial charge < -0.3 is 5.32 Å². The maximum atomic E-state index is 4.43. The summed E-state index contributed by atoms with van der Waals surface area (Å²) < 4.78 is 0. The Labute approximate surface area is 91.7 Å². The Morgan fingerprint density at radius 2 is 2.20 bits per heavy atom. The molecule has 0 aliphatic heterocycles. The molecule has 1 aromatic heterocycles. The summed E-state index contributed by atoms with van der Waals surface area (Å²) >= 11 is 0. The van der Waals surface area contributed by atoms with E-state index in [9.17, 15) is 0 Å². The summed E-state index contributed by atoms with van der Waals surface area (Å²) in [6, 6.07) is 2.23. The highest BCUT2D eigenvalue weighted by Crippen LogP contribution is 2.31. The van der Waals surface area contributed by atoms with Crippen LogP contribution < -0.4 is 5.32 Å². The molecule has 1 aromatic rings. The number of nitrogens with one attached hydrogen (secondary N) is 2. The highest BCUT2D eigenvalue weighted by molar-refractivity contribution is 5.13. The smallest absolute Gasteiger partial charge is 0.0656 e. The molecule has 0 radical (unpaired) electrons. The second-order valence-electron chi connectivity index (χ2n) is 4.43. The molecule has 2 rings (SSSR count). The molecule has 3 heteroatoms. The van der Waals surface area contributed by atoms with E-state index in [1.807, 2.05) is 0 Å². The number of nitrogens with zero attached hydrogens (tertiary/aromatic N) is 1. The summed E-state index contributed by atoms with van der Waals surface area (Å²) in [6.45, 7) is 4.05. The predicted molar refractivity (Wildman–Crippen MR) is 61.8 cm³/mol. The molecular formula is C12H21N3. The lowest BCUT2D eigenvalue weighted by atomic mass is 9.87. The lowest BCUT2D eigenvalue weighted by molar-refractivity contribution is 0.436. The van der Waals surface area contributed by atoms with Crippen molar-refractivity contribution < 1.29 is 0 Å². The van der Waals surface area contributed by atoms with Crippen LogP contribution in [-0.2, 0) is 6.54 Å². The molecule has 0 amide bonds. The molecule has 2 N–H and O–H groups in total. The highest BCUT2D eigenvalue weighted by atomic mass is 15.1. The average Bonchev–Trinajstić information content (AvgIpc) is 2.76. The summed E-state index contributed by atoms with van der Waals surface area (Å²) in [7, 11) is 0. The number of H-pyrrole nitrogens is 1. The minimum atomic E-state index is 0.713. The monoisotopic (exact) mass is 207 g/mol. The van der Waals surface area contributed by atoms with Crippen molar-refractivity contribution in [2.24, 2.45) is 0 Å². The average molecular weight is 207 g/mol.